The minimum atomic E-state index is -0.422. The SMILES string of the molecule is Cc1cc(C)n2nc(C(=O)Nc3cc(N4CCC(C)CC4)ncn3)nc2n1. The van der Waals surface area contributed by atoms with E-state index in [1.807, 2.05) is 19.9 Å². The fourth-order valence-corrected chi connectivity index (χ4v) is 3.26. The third-order valence-corrected chi connectivity index (χ3v) is 4.82. The Morgan fingerprint density at radius 2 is 1.93 bits per heavy atom. The van der Waals surface area contributed by atoms with Gasteiger partial charge in [0, 0.05) is 30.5 Å². The van der Waals surface area contributed by atoms with Crippen molar-refractivity contribution in [2.45, 2.75) is 33.6 Å². The summed E-state index contributed by atoms with van der Waals surface area (Å²) in [5.74, 6) is 2.04. The number of nitrogens with zero attached hydrogens (tertiary/aromatic N) is 7. The summed E-state index contributed by atoms with van der Waals surface area (Å²) in [5.41, 5.74) is 1.70. The molecule has 1 N–H and O–H groups in total. The molecule has 0 saturated carbocycles. The van der Waals surface area contributed by atoms with Crippen molar-refractivity contribution >= 4 is 23.3 Å². The Balaban J connectivity index is 1.53. The van der Waals surface area contributed by atoms with Crippen LogP contribution in [0.4, 0.5) is 11.6 Å². The Hall–Kier alpha value is -3.10. The highest BCUT2D eigenvalue weighted by Crippen LogP contribution is 2.22. The molecule has 1 amide bonds. The van der Waals surface area contributed by atoms with Gasteiger partial charge in [-0.2, -0.15) is 4.98 Å². The molecule has 1 fully saturated rings. The molecule has 0 aromatic carbocycles. The van der Waals surface area contributed by atoms with Crippen molar-refractivity contribution in [1.29, 1.82) is 0 Å². The molecule has 0 radical (unpaired) electrons. The van der Waals surface area contributed by atoms with Crippen molar-refractivity contribution < 1.29 is 4.79 Å². The van der Waals surface area contributed by atoms with Gasteiger partial charge in [0.15, 0.2) is 0 Å². The first kappa shape index (κ1) is 17.3. The third kappa shape index (κ3) is 3.57. The lowest BCUT2D eigenvalue weighted by atomic mass is 9.99. The number of carbonyl (C=O) groups is 1. The topological polar surface area (TPSA) is 101 Å². The molecule has 1 aliphatic rings. The Morgan fingerprint density at radius 1 is 1.15 bits per heavy atom. The van der Waals surface area contributed by atoms with Gasteiger partial charge in [-0.15, -0.1) is 5.10 Å². The summed E-state index contributed by atoms with van der Waals surface area (Å²) in [4.78, 5) is 31.8. The van der Waals surface area contributed by atoms with E-state index in [-0.39, 0.29) is 5.82 Å². The molecule has 0 atom stereocenters. The smallest absolute Gasteiger partial charge is 0.296 e. The van der Waals surface area contributed by atoms with Gasteiger partial charge < -0.3 is 10.2 Å². The molecule has 1 saturated heterocycles. The second-order valence-electron chi connectivity index (χ2n) is 7.07. The van der Waals surface area contributed by atoms with Crippen LogP contribution in [0.5, 0.6) is 0 Å². The average molecular weight is 366 g/mol. The summed E-state index contributed by atoms with van der Waals surface area (Å²) in [7, 11) is 0. The summed E-state index contributed by atoms with van der Waals surface area (Å²) in [5, 5.41) is 7.01. The van der Waals surface area contributed by atoms with Crippen LogP contribution in [0.3, 0.4) is 0 Å². The number of fused-ring (bicyclic) bond motifs is 1. The van der Waals surface area contributed by atoms with Crippen LogP contribution in [-0.4, -0.2) is 48.5 Å². The van der Waals surface area contributed by atoms with Crippen LogP contribution in [0.2, 0.25) is 0 Å². The normalized spacial score (nSPS) is 15.3. The van der Waals surface area contributed by atoms with Gasteiger partial charge in [0.25, 0.3) is 11.7 Å². The summed E-state index contributed by atoms with van der Waals surface area (Å²) < 4.78 is 1.56. The number of hydrogen-bond acceptors (Lipinski definition) is 7. The lowest BCUT2D eigenvalue weighted by Gasteiger charge is -2.31. The number of anilines is 2. The maximum absolute atomic E-state index is 12.6. The summed E-state index contributed by atoms with van der Waals surface area (Å²) in [6, 6.07) is 3.68. The van der Waals surface area contributed by atoms with E-state index in [0.29, 0.717) is 11.6 Å². The number of aromatic nitrogens is 6. The van der Waals surface area contributed by atoms with Crippen molar-refractivity contribution in [3.63, 3.8) is 0 Å². The molecule has 27 heavy (non-hydrogen) atoms. The maximum Gasteiger partial charge on any atom is 0.296 e. The Morgan fingerprint density at radius 3 is 2.70 bits per heavy atom. The largest absolute Gasteiger partial charge is 0.356 e. The molecule has 9 heteroatoms. The number of piperidine rings is 1. The molecule has 9 nitrogen and oxygen atoms in total. The van der Waals surface area contributed by atoms with Crippen LogP contribution < -0.4 is 10.2 Å². The van der Waals surface area contributed by atoms with Gasteiger partial charge in [-0.25, -0.2) is 19.5 Å². The van der Waals surface area contributed by atoms with Crippen LogP contribution in [0, 0.1) is 19.8 Å². The quantitative estimate of drug-likeness (QED) is 0.756. The molecule has 0 aliphatic carbocycles. The average Bonchev–Trinajstić information content (AvgIpc) is 3.07. The van der Waals surface area contributed by atoms with Crippen LogP contribution in [0.25, 0.3) is 5.78 Å². The van der Waals surface area contributed by atoms with Gasteiger partial charge in [0.05, 0.1) is 0 Å². The first-order valence-electron chi connectivity index (χ1n) is 9.09. The standard InChI is InChI=1S/C18H22N8O/c1-11-4-6-25(7-5-11)15-9-14(19-10-20-15)22-17(27)16-23-18-21-12(2)8-13(3)26(18)24-16/h8-11H,4-7H2,1-3H3,(H,19,20,22,27). The van der Waals surface area contributed by atoms with Crippen molar-refractivity contribution in [2.24, 2.45) is 5.92 Å². The van der Waals surface area contributed by atoms with Crippen molar-refractivity contribution in [2.75, 3.05) is 23.3 Å². The van der Waals surface area contributed by atoms with E-state index in [4.69, 9.17) is 0 Å². The van der Waals surface area contributed by atoms with Crippen molar-refractivity contribution in [3.8, 4) is 0 Å². The summed E-state index contributed by atoms with van der Waals surface area (Å²) in [6.45, 7) is 7.97. The lowest BCUT2D eigenvalue weighted by Crippen LogP contribution is -2.33. The van der Waals surface area contributed by atoms with E-state index < -0.39 is 5.91 Å². The number of rotatable bonds is 3. The van der Waals surface area contributed by atoms with Crippen LogP contribution in [0.1, 0.15) is 41.8 Å². The predicted molar refractivity (Wildman–Crippen MR) is 101 cm³/mol. The van der Waals surface area contributed by atoms with Crippen LogP contribution >= 0.6 is 0 Å². The van der Waals surface area contributed by atoms with E-state index in [0.717, 1.165) is 49.1 Å². The first-order chi connectivity index (χ1) is 13.0. The Kier molecular flexibility index (Phi) is 4.43. The zero-order valence-corrected chi connectivity index (χ0v) is 15.7. The molecule has 3 aromatic heterocycles. The van der Waals surface area contributed by atoms with Crippen molar-refractivity contribution in [1.82, 2.24) is 29.5 Å². The first-order valence-corrected chi connectivity index (χ1v) is 9.09. The molecule has 4 heterocycles. The van der Waals surface area contributed by atoms with Gasteiger partial charge in [0.1, 0.15) is 18.0 Å². The van der Waals surface area contributed by atoms with Gasteiger partial charge in [-0.1, -0.05) is 6.92 Å². The highest BCUT2D eigenvalue weighted by Gasteiger charge is 2.19. The number of nitrogens with one attached hydrogen (secondary N) is 1. The molecule has 140 valence electrons. The predicted octanol–water partition coefficient (Wildman–Crippen LogP) is 2.02. The molecule has 0 spiro atoms. The van der Waals surface area contributed by atoms with E-state index in [1.165, 1.54) is 6.33 Å². The summed E-state index contributed by atoms with van der Waals surface area (Å²) >= 11 is 0. The second kappa shape index (κ2) is 6.90. The number of amides is 1. The van der Waals surface area contributed by atoms with Gasteiger partial charge in [-0.3, -0.25) is 4.79 Å². The number of carbonyl (C=O) groups excluding carboxylic acids is 1. The van der Waals surface area contributed by atoms with E-state index >= 15 is 0 Å². The maximum atomic E-state index is 12.6. The van der Waals surface area contributed by atoms with Crippen LogP contribution in [0.15, 0.2) is 18.5 Å². The Bertz CT molecular complexity index is 990. The molecule has 0 bridgehead atoms. The van der Waals surface area contributed by atoms with Crippen LogP contribution in [-0.2, 0) is 0 Å². The third-order valence-electron chi connectivity index (χ3n) is 4.82. The minimum absolute atomic E-state index is 0.0585. The molecule has 3 aromatic rings. The monoisotopic (exact) mass is 366 g/mol. The summed E-state index contributed by atoms with van der Waals surface area (Å²) in [6.07, 6.45) is 3.75. The molecule has 1 aliphatic heterocycles. The molecular weight excluding hydrogens is 344 g/mol. The van der Waals surface area contributed by atoms with Crippen molar-refractivity contribution in [3.05, 3.63) is 35.7 Å². The zero-order chi connectivity index (χ0) is 19.0. The fraction of sp³-hybridized carbons (Fsp3) is 0.444. The zero-order valence-electron chi connectivity index (χ0n) is 15.7. The lowest BCUT2D eigenvalue weighted by molar-refractivity contribution is 0.101. The highest BCUT2D eigenvalue weighted by molar-refractivity contribution is 6.01. The Labute approximate surface area is 156 Å². The second-order valence-corrected chi connectivity index (χ2v) is 7.07. The van der Waals surface area contributed by atoms with Gasteiger partial charge >= 0.3 is 0 Å². The molecule has 4 rings (SSSR count). The fourth-order valence-electron chi connectivity index (χ4n) is 3.26. The number of aryl methyl sites for hydroxylation is 2. The highest BCUT2D eigenvalue weighted by atomic mass is 16.2. The van der Waals surface area contributed by atoms with Gasteiger partial charge in [-0.05, 0) is 38.7 Å². The van der Waals surface area contributed by atoms with Gasteiger partial charge in [0.2, 0.25) is 5.82 Å². The van der Waals surface area contributed by atoms with E-state index in [9.17, 15) is 4.79 Å². The minimum Gasteiger partial charge on any atom is -0.356 e. The van der Waals surface area contributed by atoms with E-state index in [2.05, 4.69) is 42.2 Å². The molecular formula is C18H22N8O. The van der Waals surface area contributed by atoms with E-state index in [1.54, 1.807) is 10.6 Å². The molecule has 0 unspecified atom stereocenters. The number of hydrogen-bond donors (Lipinski definition) is 1.